The normalized spacial score (nSPS) is 11.5. The summed E-state index contributed by atoms with van der Waals surface area (Å²) in [6, 6.07) is 9.58. The number of benzene rings is 1. The SMILES string of the molecule is C=Nc1cc(OC)c(OC)cc1/C(=C\C)Oc1ccc(NC(=O)c2nn(-c3cccnc3)cc2OCC(F)(F)F)nc1. The van der Waals surface area contributed by atoms with E-state index in [0.717, 1.165) is 0 Å². The number of rotatable bonds is 11. The van der Waals surface area contributed by atoms with Crippen molar-refractivity contribution in [3.63, 3.8) is 0 Å². The van der Waals surface area contributed by atoms with Gasteiger partial charge >= 0.3 is 6.18 Å². The average molecular weight is 583 g/mol. The van der Waals surface area contributed by atoms with Crippen LogP contribution in [0.5, 0.6) is 23.0 Å². The number of aliphatic imine (C=N–C) groups is 1. The van der Waals surface area contributed by atoms with E-state index >= 15 is 0 Å². The van der Waals surface area contributed by atoms with Crippen molar-refractivity contribution in [2.45, 2.75) is 13.1 Å². The van der Waals surface area contributed by atoms with Gasteiger partial charge in [-0.2, -0.15) is 18.3 Å². The molecule has 1 N–H and O–H groups in total. The number of carbonyl (C=O) groups is 1. The minimum absolute atomic E-state index is 0.0895. The number of pyridine rings is 2. The maximum absolute atomic E-state index is 13.0. The van der Waals surface area contributed by atoms with Crippen LogP contribution < -0.4 is 24.3 Å². The van der Waals surface area contributed by atoms with E-state index in [1.807, 2.05) is 0 Å². The van der Waals surface area contributed by atoms with Crippen molar-refractivity contribution in [2.24, 2.45) is 4.99 Å². The lowest BCUT2D eigenvalue weighted by molar-refractivity contribution is -0.153. The number of halogens is 3. The van der Waals surface area contributed by atoms with Crippen LogP contribution in [-0.2, 0) is 0 Å². The van der Waals surface area contributed by atoms with E-state index in [1.165, 1.54) is 49.8 Å². The van der Waals surface area contributed by atoms with Crippen LogP contribution in [0.3, 0.4) is 0 Å². The van der Waals surface area contributed by atoms with Gasteiger partial charge in [-0.05, 0) is 50.0 Å². The lowest BCUT2D eigenvalue weighted by Crippen LogP contribution is -2.21. The summed E-state index contributed by atoms with van der Waals surface area (Å²) in [4.78, 5) is 25.2. The molecule has 4 aromatic rings. The number of alkyl halides is 3. The van der Waals surface area contributed by atoms with Gasteiger partial charge in [0.25, 0.3) is 5.91 Å². The predicted molar refractivity (Wildman–Crippen MR) is 148 cm³/mol. The molecular weight excluding hydrogens is 557 g/mol. The molecule has 3 heterocycles. The Hall–Kier alpha value is -5.40. The highest BCUT2D eigenvalue weighted by Gasteiger charge is 2.30. The Morgan fingerprint density at radius 1 is 1.12 bits per heavy atom. The summed E-state index contributed by atoms with van der Waals surface area (Å²) in [5.41, 5.74) is 1.11. The lowest BCUT2D eigenvalue weighted by Gasteiger charge is -2.15. The number of nitrogens with one attached hydrogen (secondary N) is 1. The summed E-state index contributed by atoms with van der Waals surface area (Å²) in [7, 11) is 3.01. The number of allylic oxidation sites excluding steroid dienone is 1. The fraction of sp³-hybridized carbons (Fsp3) is 0.179. The van der Waals surface area contributed by atoms with E-state index in [9.17, 15) is 18.0 Å². The Morgan fingerprint density at radius 3 is 2.48 bits per heavy atom. The number of methoxy groups -OCH3 is 2. The molecule has 0 aliphatic heterocycles. The Balaban J connectivity index is 1.53. The number of ether oxygens (including phenoxy) is 4. The smallest absolute Gasteiger partial charge is 0.422 e. The van der Waals surface area contributed by atoms with Gasteiger partial charge in [0, 0.05) is 17.8 Å². The van der Waals surface area contributed by atoms with E-state index in [4.69, 9.17) is 18.9 Å². The zero-order valence-electron chi connectivity index (χ0n) is 22.7. The third kappa shape index (κ3) is 7.02. The molecule has 1 aromatic carbocycles. The Morgan fingerprint density at radius 2 is 1.88 bits per heavy atom. The first-order chi connectivity index (χ1) is 20.1. The molecule has 0 spiro atoms. The van der Waals surface area contributed by atoms with E-state index in [2.05, 4.69) is 32.1 Å². The van der Waals surface area contributed by atoms with Gasteiger partial charge in [-0.15, -0.1) is 0 Å². The molecular formula is C28H25F3N6O5. The fourth-order valence-electron chi connectivity index (χ4n) is 3.69. The standard InChI is InChI=1S/C28H25F3N6O5/c1-5-21(19-11-22(39-3)23(40-4)12-20(19)32-2)42-18-8-9-25(34-14-18)35-27(38)26-24(41-16-28(29,30)31)15-37(36-26)17-7-6-10-33-13-17/h5-15H,2,16H2,1,3-4H3,(H,34,35,38)/b21-5+. The molecule has 0 atom stereocenters. The lowest BCUT2D eigenvalue weighted by atomic mass is 10.1. The summed E-state index contributed by atoms with van der Waals surface area (Å²) in [5, 5.41) is 6.61. The monoisotopic (exact) mass is 582 g/mol. The number of nitrogens with zero attached hydrogens (tertiary/aromatic N) is 5. The second-order valence-electron chi connectivity index (χ2n) is 8.37. The summed E-state index contributed by atoms with van der Waals surface area (Å²) < 4.78 is 61.2. The van der Waals surface area contributed by atoms with Gasteiger partial charge < -0.3 is 24.3 Å². The van der Waals surface area contributed by atoms with E-state index in [-0.39, 0.29) is 17.3 Å². The van der Waals surface area contributed by atoms with Crippen LogP contribution in [0.25, 0.3) is 11.4 Å². The van der Waals surface area contributed by atoms with Gasteiger partial charge in [-0.1, -0.05) is 0 Å². The van der Waals surface area contributed by atoms with Crippen molar-refractivity contribution in [1.29, 1.82) is 0 Å². The van der Waals surface area contributed by atoms with Crippen molar-refractivity contribution in [1.82, 2.24) is 19.7 Å². The molecule has 42 heavy (non-hydrogen) atoms. The van der Waals surface area contributed by atoms with Crippen molar-refractivity contribution in [2.75, 3.05) is 26.1 Å². The van der Waals surface area contributed by atoms with Crippen molar-refractivity contribution in [3.8, 4) is 28.7 Å². The van der Waals surface area contributed by atoms with E-state index in [1.54, 1.807) is 43.3 Å². The van der Waals surface area contributed by atoms with E-state index in [0.29, 0.717) is 39.9 Å². The number of anilines is 1. The molecule has 11 nitrogen and oxygen atoms in total. The number of aromatic nitrogens is 4. The highest BCUT2D eigenvalue weighted by Crippen LogP contribution is 2.38. The molecule has 0 aliphatic rings. The van der Waals surface area contributed by atoms with Gasteiger partial charge in [0.2, 0.25) is 0 Å². The summed E-state index contributed by atoms with van der Waals surface area (Å²) >= 11 is 0. The highest BCUT2D eigenvalue weighted by atomic mass is 19.4. The van der Waals surface area contributed by atoms with Crippen LogP contribution in [0, 0.1) is 0 Å². The maximum Gasteiger partial charge on any atom is 0.422 e. The summed E-state index contributed by atoms with van der Waals surface area (Å²) in [6.07, 6.45) is 2.57. The first kappa shape index (κ1) is 29.6. The zero-order chi connectivity index (χ0) is 30.3. The first-order valence-electron chi connectivity index (χ1n) is 12.2. The quantitative estimate of drug-likeness (QED) is 0.178. The molecule has 4 rings (SSSR count). The molecule has 0 saturated carbocycles. The molecule has 218 valence electrons. The van der Waals surface area contributed by atoms with Crippen LogP contribution in [0.2, 0.25) is 0 Å². The molecule has 0 unspecified atom stereocenters. The average Bonchev–Trinajstić information content (AvgIpc) is 3.44. The van der Waals surface area contributed by atoms with Gasteiger partial charge in [0.05, 0.1) is 44.2 Å². The first-order valence-corrected chi connectivity index (χ1v) is 12.2. The van der Waals surface area contributed by atoms with Crippen molar-refractivity contribution < 1.29 is 36.9 Å². The molecule has 0 aliphatic carbocycles. The molecule has 1 amide bonds. The summed E-state index contributed by atoms with van der Waals surface area (Å²) in [6.45, 7) is 3.77. The Kier molecular flexibility index (Phi) is 9.05. The van der Waals surface area contributed by atoms with Gasteiger partial charge in [0.15, 0.2) is 29.5 Å². The number of hydrogen-bond donors (Lipinski definition) is 1. The van der Waals surface area contributed by atoms with Gasteiger partial charge in [0.1, 0.15) is 17.3 Å². The van der Waals surface area contributed by atoms with Crippen LogP contribution in [0.1, 0.15) is 23.0 Å². The molecule has 0 radical (unpaired) electrons. The van der Waals surface area contributed by atoms with Crippen LogP contribution >= 0.6 is 0 Å². The van der Waals surface area contributed by atoms with Crippen LogP contribution in [0.4, 0.5) is 24.7 Å². The largest absolute Gasteiger partial charge is 0.493 e. The predicted octanol–water partition coefficient (Wildman–Crippen LogP) is 5.64. The van der Waals surface area contributed by atoms with Crippen LogP contribution in [-0.4, -0.2) is 59.4 Å². The zero-order valence-corrected chi connectivity index (χ0v) is 22.7. The molecule has 0 bridgehead atoms. The van der Waals surface area contributed by atoms with Crippen molar-refractivity contribution >= 4 is 29.9 Å². The minimum atomic E-state index is -4.62. The fourth-order valence-corrected chi connectivity index (χ4v) is 3.69. The van der Waals surface area contributed by atoms with Gasteiger partial charge in [-0.3, -0.25) is 14.8 Å². The highest BCUT2D eigenvalue weighted by molar-refractivity contribution is 6.04. The molecule has 0 fully saturated rings. The number of amides is 1. The molecule has 3 aromatic heterocycles. The molecule has 0 saturated heterocycles. The second-order valence-corrected chi connectivity index (χ2v) is 8.37. The third-order valence-corrected chi connectivity index (χ3v) is 5.60. The Bertz CT molecular complexity index is 1590. The molecule has 14 heteroatoms. The minimum Gasteiger partial charge on any atom is -0.493 e. The Labute approximate surface area is 238 Å². The third-order valence-electron chi connectivity index (χ3n) is 5.60. The van der Waals surface area contributed by atoms with Crippen LogP contribution in [0.15, 0.2) is 72.3 Å². The number of carbonyl (C=O) groups excluding carboxylic acids is 1. The number of hydrogen-bond acceptors (Lipinski definition) is 9. The van der Waals surface area contributed by atoms with Gasteiger partial charge in [-0.25, -0.2) is 9.67 Å². The topological polar surface area (TPSA) is 122 Å². The summed E-state index contributed by atoms with van der Waals surface area (Å²) in [5.74, 6) is 0.559. The second kappa shape index (κ2) is 12.8. The maximum atomic E-state index is 13.0. The van der Waals surface area contributed by atoms with E-state index < -0.39 is 18.7 Å². The van der Waals surface area contributed by atoms with Crippen molar-refractivity contribution in [3.05, 3.63) is 78.5 Å².